The number of rotatable bonds is 2. The van der Waals surface area contributed by atoms with Gasteiger partial charge in [0.15, 0.2) is 0 Å². The highest BCUT2D eigenvalue weighted by Crippen LogP contribution is 2.25. The van der Waals surface area contributed by atoms with E-state index in [1.807, 2.05) is 14.0 Å². The monoisotopic (exact) mass is 237 g/mol. The fourth-order valence-corrected chi connectivity index (χ4v) is 1.76. The number of halogens is 1. The molecule has 5 heteroatoms. The Labute approximate surface area is 98.3 Å². The van der Waals surface area contributed by atoms with E-state index in [0.717, 1.165) is 16.6 Å². The van der Waals surface area contributed by atoms with Crippen molar-refractivity contribution in [1.29, 1.82) is 0 Å². The number of phenols is 1. The van der Waals surface area contributed by atoms with E-state index < -0.39 is 0 Å². The first kappa shape index (κ1) is 11.1. The van der Waals surface area contributed by atoms with Gasteiger partial charge in [-0.3, -0.25) is 0 Å². The lowest BCUT2D eigenvalue weighted by Crippen LogP contribution is -2.14. The minimum Gasteiger partial charge on any atom is -0.508 e. The molecule has 0 aliphatic heterocycles. The number of benzene rings is 1. The Morgan fingerprint density at radius 2 is 2.12 bits per heavy atom. The van der Waals surface area contributed by atoms with Gasteiger partial charge in [-0.2, -0.15) is 0 Å². The number of nitrogens with one attached hydrogen (secondary N) is 1. The molecule has 2 aromatic rings. The van der Waals surface area contributed by atoms with E-state index in [1.165, 1.54) is 0 Å². The number of aromatic nitrogens is 2. The molecule has 2 rings (SSSR count). The maximum atomic E-state index is 9.47. The van der Waals surface area contributed by atoms with Crippen molar-refractivity contribution in [2.45, 2.75) is 13.0 Å². The minimum atomic E-state index is 0.0461. The van der Waals surface area contributed by atoms with Crippen LogP contribution in [0.2, 0.25) is 5.28 Å². The maximum Gasteiger partial charge on any atom is 0.223 e. The smallest absolute Gasteiger partial charge is 0.223 e. The Morgan fingerprint density at radius 1 is 1.38 bits per heavy atom. The van der Waals surface area contributed by atoms with Crippen molar-refractivity contribution in [3.63, 3.8) is 0 Å². The summed E-state index contributed by atoms with van der Waals surface area (Å²) < 4.78 is 0. The Bertz CT molecular complexity index is 530. The lowest BCUT2D eigenvalue weighted by molar-refractivity contribution is 0.476. The molecule has 0 aliphatic rings. The van der Waals surface area contributed by atoms with E-state index in [4.69, 9.17) is 11.6 Å². The largest absolute Gasteiger partial charge is 0.508 e. The van der Waals surface area contributed by atoms with Crippen LogP contribution in [0.3, 0.4) is 0 Å². The summed E-state index contributed by atoms with van der Waals surface area (Å²) in [4.78, 5) is 8.30. The van der Waals surface area contributed by atoms with Gasteiger partial charge in [0.25, 0.3) is 0 Å². The Morgan fingerprint density at radius 3 is 2.81 bits per heavy atom. The minimum absolute atomic E-state index is 0.0461. The normalized spacial score (nSPS) is 12.9. The van der Waals surface area contributed by atoms with Gasteiger partial charge in [-0.05, 0) is 43.8 Å². The van der Waals surface area contributed by atoms with Crippen LogP contribution >= 0.6 is 11.6 Å². The number of hydrogen-bond donors (Lipinski definition) is 2. The highest BCUT2D eigenvalue weighted by Gasteiger charge is 2.12. The van der Waals surface area contributed by atoms with Crippen LogP contribution in [0.25, 0.3) is 10.9 Å². The Kier molecular flexibility index (Phi) is 2.94. The summed E-state index contributed by atoms with van der Waals surface area (Å²) in [7, 11) is 1.84. The molecular formula is C11H12ClN3O. The highest BCUT2D eigenvalue weighted by molar-refractivity contribution is 6.28. The molecule has 2 N–H and O–H groups in total. The lowest BCUT2D eigenvalue weighted by atomic mass is 10.1. The van der Waals surface area contributed by atoms with Crippen molar-refractivity contribution in [3.8, 4) is 5.75 Å². The molecule has 1 aromatic heterocycles. The van der Waals surface area contributed by atoms with Gasteiger partial charge in [0.2, 0.25) is 5.28 Å². The molecule has 1 atom stereocenters. The summed E-state index contributed by atoms with van der Waals surface area (Å²) >= 11 is 5.85. The van der Waals surface area contributed by atoms with Crippen molar-refractivity contribution in [3.05, 3.63) is 29.2 Å². The summed E-state index contributed by atoms with van der Waals surface area (Å²) in [6.45, 7) is 1.97. The third-order valence-corrected chi connectivity index (χ3v) is 2.69. The number of fused-ring (bicyclic) bond motifs is 1. The van der Waals surface area contributed by atoms with Crippen LogP contribution in [0.1, 0.15) is 18.7 Å². The molecule has 16 heavy (non-hydrogen) atoms. The lowest BCUT2D eigenvalue weighted by Gasteiger charge is -2.12. The molecule has 0 radical (unpaired) electrons. The van der Waals surface area contributed by atoms with Crippen LogP contribution in [-0.4, -0.2) is 22.1 Å². The second-order valence-corrected chi connectivity index (χ2v) is 3.93. The second-order valence-electron chi connectivity index (χ2n) is 3.59. The number of nitrogens with zero attached hydrogens (tertiary/aromatic N) is 2. The molecule has 1 unspecified atom stereocenters. The highest BCUT2D eigenvalue weighted by atomic mass is 35.5. The van der Waals surface area contributed by atoms with Crippen LogP contribution < -0.4 is 5.32 Å². The van der Waals surface area contributed by atoms with Crippen molar-refractivity contribution in [2.24, 2.45) is 0 Å². The second kappa shape index (κ2) is 4.23. The van der Waals surface area contributed by atoms with E-state index >= 15 is 0 Å². The van der Waals surface area contributed by atoms with Gasteiger partial charge >= 0.3 is 0 Å². The molecular weight excluding hydrogens is 226 g/mol. The molecule has 0 bridgehead atoms. The van der Waals surface area contributed by atoms with Gasteiger partial charge in [0.1, 0.15) is 5.75 Å². The summed E-state index contributed by atoms with van der Waals surface area (Å²) in [5, 5.41) is 13.6. The molecule has 1 heterocycles. The number of phenolic OH excluding ortho intramolecular Hbond substituents is 1. The van der Waals surface area contributed by atoms with Crippen LogP contribution in [0, 0.1) is 0 Å². The molecule has 0 spiro atoms. The van der Waals surface area contributed by atoms with E-state index in [0.29, 0.717) is 0 Å². The molecule has 0 saturated carbocycles. The molecule has 84 valence electrons. The predicted octanol–water partition coefficient (Wildman–Crippen LogP) is 2.27. The summed E-state index contributed by atoms with van der Waals surface area (Å²) in [6.07, 6.45) is 0. The van der Waals surface area contributed by atoms with Crippen LogP contribution in [0.5, 0.6) is 5.75 Å². The van der Waals surface area contributed by atoms with Crippen LogP contribution in [0.15, 0.2) is 18.2 Å². The molecule has 0 aliphatic carbocycles. The zero-order valence-electron chi connectivity index (χ0n) is 9.03. The molecule has 1 aromatic carbocycles. The third-order valence-electron chi connectivity index (χ3n) is 2.52. The third kappa shape index (κ3) is 1.94. The average Bonchev–Trinajstić information content (AvgIpc) is 2.27. The van der Waals surface area contributed by atoms with Crippen molar-refractivity contribution < 1.29 is 5.11 Å². The summed E-state index contributed by atoms with van der Waals surface area (Å²) in [6, 6.07) is 5.00. The number of hydrogen-bond acceptors (Lipinski definition) is 4. The first-order valence-electron chi connectivity index (χ1n) is 4.95. The topological polar surface area (TPSA) is 58.0 Å². The van der Waals surface area contributed by atoms with Gasteiger partial charge in [-0.1, -0.05) is 0 Å². The molecule has 0 amide bonds. The first-order valence-corrected chi connectivity index (χ1v) is 5.33. The maximum absolute atomic E-state index is 9.47. The quantitative estimate of drug-likeness (QED) is 0.787. The fraction of sp³-hybridized carbons (Fsp3) is 0.273. The van der Waals surface area contributed by atoms with Crippen molar-refractivity contribution in [2.75, 3.05) is 7.05 Å². The van der Waals surface area contributed by atoms with Crippen LogP contribution in [0.4, 0.5) is 0 Å². The molecule has 0 fully saturated rings. The van der Waals surface area contributed by atoms with Crippen LogP contribution in [-0.2, 0) is 0 Å². The summed E-state index contributed by atoms with van der Waals surface area (Å²) in [5.74, 6) is 0.197. The zero-order valence-corrected chi connectivity index (χ0v) is 9.78. The standard InChI is InChI=1S/C11H12ClN3O/c1-6(13-2)10-8-5-7(16)3-4-9(8)14-11(12)15-10/h3-6,13,16H,1-2H3. The SMILES string of the molecule is CNC(C)c1nc(Cl)nc2ccc(O)cc12. The molecule has 4 nitrogen and oxygen atoms in total. The van der Waals surface area contributed by atoms with E-state index in [1.54, 1.807) is 18.2 Å². The fourth-order valence-electron chi connectivity index (χ4n) is 1.58. The summed E-state index contributed by atoms with van der Waals surface area (Å²) in [5.41, 5.74) is 1.52. The predicted molar refractivity (Wildman–Crippen MR) is 63.7 cm³/mol. The molecule has 0 saturated heterocycles. The van der Waals surface area contributed by atoms with Gasteiger partial charge in [-0.15, -0.1) is 0 Å². The Balaban J connectivity index is 2.74. The van der Waals surface area contributed by atoms with Gasteiger partial charge in [-0.25, -0.2) is 9.97 Å². The van der Waals surface area contributed by atoms with Gasteiger partial charge in [0.05, 0.1) is 11.2 Å². The average molecular weight is 238 g/mol. The number of aromatic hydroxyl groups is 1. The van der Waals surface area contributed by atoms with Crippen molar-refractivity contribution >= 4 is 22.5 Å². The zero-order chi connectivity index (χ0) is 11.7. The van der Waals surface area contributed by atoms with Gasteiger partial charge < -0.3 is 10.4 Å². The van der Waals surface area contributed by atoms with E-state index in [2.05, 4.69) is 15.3 Å². The Hall–Kier alpha value is -1.39. The van der Waals surface area contributed by atoms with Gasteiger partial charge in [0, 0.05) is 11.4 Å². The van der Waals surface area contributed by atoms with E-state index in [-0.39, 0.29) is 17.1 Å². The first-order chi connectivity index (χ1) is 7.61. The van der Waals surface area contributed by atoms with E-state index in [9.17, 15) is 5.11 Å². The van der Waals surface area contributed by atoms with Crippen molar-refractivity contribution in [1.82, 2.24) is 15.3 Å².